The number of hydrogen-bond acceptors (Lipinski definition) is 3. The number of carbonyl (C=O) groups excluding carboxylic acids is 1. The molecule has 0 saturated carbocycles. The molecule has 0 saturated heterocycles. The molecule has 0 aliphatic rings. The zero-order chi connectivity index (χ0) is 17.6. The van der Waals surface area contributed by atoms with Crippen LogP contribution in [-0.4, -0.2) is 32.1 Å². The van der Waals surface area contributed by atoms with Crippen molar-refractivity contribution in [2.45, 2.75) is 45.6 Å². The van der Waals surface area contributed by atoms with Gasteiger partial charge >= 0.3 is 5.97 Å². The van der Waals surface area contributed by atoms with Gasteiger partial charge in [-0.2, -0.15) is 0 Å². The molecule has 1 aromatic carbocycles. The number of aliphatic imine (C=N–C) groups is 1. The van der Waals surface area contributed by atoms with Crippen LogP contribution in [0.3, 0.4) is 0 Å². The first-order valence-electron chi connectivity index (χ1n) is 8.50. The fourth-order valence-corrected chi connectivity index (χ4v) is 2.32. The van der Waals surface area contributed by atoms with Crippen molar-refractivity contribution in [3.8, 4) is 0 Å². The van der Waals surface area contributed by atoms with Crippen molar-refractivity contribution < 1.29 is 9.53 Å². The third-order valence-corrected chi connectivity index (χ3v) is 3.75. The van der Waals surface area contributed by atoms with Crippen molar-refractivity contribution >= 4 is 47.5 Å². The molecule has 0 aliphatic heterocycles. The van der Waals surface area contributed by atoms with Crippen LogP contribution in [0.2, 0.25) is 5.02 Å². The van der Waals surface area contributed by atoms with Crippen LogP contribution in [0.5, 0.6) is 0 Å². The van der Waals surface area contributed by atoms with E-state index in [-0.39, 0.29) is 29.9 Å². The van der Waals surface area contributed by atoms with E-state index in [1.54, 1.807) is 7.05 Å². The maximum atomic E-state index is 11.2. The highest BCUT2D eigenvalue weighted by atomic mass is 127. The molecule has 0 unspecified atom stereocenters. The summed E-state index contributed by atoms with van der Waals surface area (Å²) < 4.78 is 4.90. The molecule has 0 bridgehead atoms. The number of nitrogens with zero attached hydrogens (tertiary/aromatic N) is 1. The second-order valence-corrected chi connectivity index (χ2v) is 5.88. The van der Waals surface area contributed by atoms with Crippen molar-refractivity contribution in [3.63, 3.8) is 0 Å². The number of unbranched alkanes of at least 4 members (excludes halogenated alkanes) is 3. The van der Waals surface area contributed by atoms with E-state index in [0.717, 1.165) is 48.8 Å². The Labute approximate surface area is 173 Å². The number of halogens is 2. The average Bonchev–Trinajstić information content (AvgIpc) is 2.58. The van der Waals surface area contributed by atoms with E-state index in [1.165, 1.54) is 0 Å². The molecule has 0 fully saturated rings. The van der Waals surface area contributed by atoms with E-state index in [9.17, 15) is 4.79 Å². The average molecular weight is 482 g/mol. The molecule has 0 heterocycles. The highest BCUT2D eigenvalue weighted by Gasteiger charge is 2.01. The Bertz CT molecular complexity index is 510. The van der Waals surface area contributed by atoms with Gasteiger partial charge in [-0.15, -0.1) is 24.0 Å². The lowest BCUT2D eigenvalue weighted by molar-refractivity contribution is -0.143. The first-order chi connectivity index (χ1) is 11.7. The number of hydrogen-bond donors (Lipinski definition) is 2. The molecule has 0 spiro atoms. The third kappa shape index (κ3) is 12.0. The zero-order valence-electron chi connectivity index (χ0n) is 15.0. The number of esters is 1. The number of carbonyl (C=O) groups is 1. The number of rotatable bonds is 10. The van der Waals surface area contributed by atoms with Gasteiger partial charge < -0.3 is 15.4 Å². The Kier molecular flexibility index (Phi) is 14.6. The predicted molar refractivity (Wildman–Crippen MR) is 115 cm³/mol. The van der Waals surface area contributed by atoms with Crippen LogP contribution < -0.4 is 10.6 Å². The second-order valence-electron chi connectivity index (χ2n) is 5.45. The Hall–Kier alpha value is -1.02. The summed E-state index contributed by atoms with van der Waals surface area (Å²) in [4.78, 5) is 15.4. The standard InChI is InChI=1S/C18H28ClN3O2.HI/c1-3-24-17(23)8-6-4-5-7-13-21-18(20-2)22-14-15-9-11-16(19)12-10-15;/h9-12H,3-8,13-14H2,1-2H3,(H2,20,21,22);1H. The number of guanidine groups is 1. The Morgan fingerprint density at radius 3 is 2.44 bits per heavy atom. The Morgan fingerprint density at radius 1 is 1.12 bits per heavy atom. The topological polar surface area (TPSA) is 62.7 Å². The zero-order valence-corrected chi connectivity index (χ0v) is 18.1. The van der Waals surface area contributed by atoms with E-state index in [0.29, 0.717) is 19.6 Å². The maximum absolute atomic E-state index is 11.2. The summed E-state index contributed by atoms with van der Waals surface area (Å²) in [6, 6.07) is 7.74. The normalized spacial score (nSPS) is 10.8. The van der Waals surface area contributed by atoms with Crippen molar-refractivity contribution in [3.05, 3.63) is 34.9 Å². The molecule has 1 aromatic rings. The Balaban J connectivity index is 0.00000576. The van der Waals surface area contributed by atoms with E-state index in [4.69, 9.17) is 16.3 Å². The number of benzene rings is 1. The smallest absolute Gasteiger partial charge is 0.305 e. The van der Waals surface area contributed by atoms with Crippen LogP contribution >= 0.6 is 35.6 Å². The Morgan fingerprint density at radius 2 is 1.80 bits per heavy atom. The van der Waals surface area contributed by atoms with Gasteiger partial charge in [0.05, 0.1) is 6.61 Å². The van der Waals surface area contributed by atoms with Crippen LogP contribution in [0.15, 0.2) is 29.3 Å². The van der Waals surface area contributed by atoms with Crippen LogP contribution in [0.25, 0.3) is 0 Å². The first-order valence-corrected chi connectivity index (χ1v) is 8.88. The first kappa shape index (κ1) is 24.0. The van der Waals surface area contributed by atoms with Gasteiger partial charge in [0.25, 0.3) is 0 Å². The summed E-state index contributed by atoms with van der Waals surface area (Å²) >= 11 is 5.87. The van der Waals surface area contributed by atoms with Crippen molar-refractivity contribution in [1.29, 1.82) is 0 Å². The lowest BCUT2D eigenvalue weighted by atomic mass is 10.1. The minimum atomic E-state index is -0.0950. The highest BCUT2D eigenvalue weighted by molar-refractivity contribution is 14.0. The highest BCUT2D eigenvalue weighted by Crippen LogP contribution is 2.09. The molecular formula is C18H29ClIN3O2. The van der Waals surface area contributed by atoms with Gasteiger partial charge in [0.15, 0.2) is 5.96 Å². The predicted octanol–water partition coefficient (Wildman–Crippen LogP) is 4.14. The van der Waals surface area contributed by atoms with E-state index >= 15 is 0 Å². The fraction of sp³-hybridized carbons (Fsp3) is 0.556. The van der Waals surface area contributed by atoms with Crippen LogP contribution in [0, 0.1) is 0 Å². The van der Waals surface area contributed by atoms with Gasteiger partial charge in [0.2, 0.25) is 0 Å². The minimum Gasteiger partial charge on any atom is -0.466 e. The van der Waals surface area contributed by atoms with Crippen LogP contribution in [0.1, 0.15) is 44.6 Å². The summed E-state index contributed by atoms with van der Waals surface area (Å²) in [5.41, 5.74) is 1.15. The van der Waals surface area contributed by atoms with E-state index in [2.05, 4.69) is 15.6 Å². The minimum absolute atomic E-state index is 0. The summed E-state index contributed by atoms with van der Waals surface area (Å²) in [6.07, 6.45) is 4.58. The molecule has 2 N–H and O–H groups in total. The monoisotopic (exact) mass is 481 g/mol. The summed E-state index contributed by atoms with van der Waals surface area (Å²) in [5, 5.41) is 7.30. The third-order valence-electron chi connectivity index (χ3n) is 3.50. The molecule has 1 rings (SSSR count). The lowest BCUT2D eigenvalue weighted by Gasteiger charge is -2.12. The maximum Gasteiger partial charge on any atom is 0.305 e. The SMILES string of the molecule is CCOC(=O)CCCCCCNC(=NC)NCc1ccc(Cl)cc1.I. The number of nitrogens with one attached hydrogen (secondary N) is 2. The summed E-state index contributed by atoms with van der Waals surface area (Å²) in [7, 11) is 1.76. The molecule has 142 valence electrons. The molecule has 0 atom stereocenters. The van der Waals surface area contributed by atoms with Crippen LogP contribution in [0.4, 0.5) is 0 Å². The number of ether oxygens (including phenoxy) is 1. The second kappa shape index (κ2) is 15.3. The van der Waals surface area contributed by atoms with Crippen LogP contribution in [-0.2, 0) is 16.1 Å². The van der Waals surface area contributed by atoms with Gasteiger partial charge in [0.1, 0.15) is 0 Å². The molecule has 5 nitrogen and oxygen atoms in total. The van der Waals surface area contributed by atoms with E-state index < -0.39 is 0 Å². The van der Waals surface area contributed by atoms with Gasteiger partial charge in [0, 0.05) is 31.6 Å². The largest absolute Gasteiger partial charge is 0.466 e. The van der Waals surface area contributed by atoms with E-state index in [1.807, 2.05) is 31.2 Å². The molecule has 0 amide bonds. The molecule has 0 radical (unpaired) electrons. The lowest BCUT2D eigenvalue weighted by Crippen LogP contribution is -2.37. The molecule has 25 heavy (non-hydrogen) atoms. The molecule has 7 heteroatoms. The van der Waals surface area contributed by atoms with Crippen molar-refractivity contribution in [2.75, 3.05) is 20.2 Å². The summed E-state index contributed by atoms with van der Waals surface area (Å²) in [6.45, 7) is 3.86. The quantitative estimate of drug-likeness (QED) is 0.173. The van der Waals surface area contributed by atoms with Gasteiger partial charge in [-0.1, -0.05) is 36.6 Å². The molecule has 0 aromatic heterocycles. The molecular weight excluding hydrogens is 453 g/mol. The fourth-order valence-electron chi connectivity index (χ4n) is 2.20. The van der Waals surface area contributed by atoms with Gasteiger partial charge in [-0.25, -0.2) is 0 Å². The molecule has 0 aliphatic carbocycles. The van der Waals surface area contributed by atoms with Crippen molar-refractivity contribution in [2.24, 2.45) is 4.99 Å². The van der Waals surface area contributed by atoms with Gasteiger partial charge in [-0.05, 0) is 37.5 Å². The van der Waals surface area contributed by atoms with Gasteiger partial charge in [-0.3, -0.25) is 9.79 Å². The van der Waals surface area contributed by atoms with Crippen molar-refractivity contribution in [1.82, 2.24) is 10.6 Å². The summed E-state index contributed by atoms with van der Waals surface area (Å²) in [5.74, 6) is 0.693.